The lowest BCUT2D eigenvalue weighted by Gasteiger charge is -2.01. The molecule has 0 N–H and O–H groups in total. The molecule has 0 aliphatic carbocycles. The Kier molecular flexibility index (Phi) is 1.77. The third-order valence-corrected chi connectivity index (χ3v) is 3.11. The second-order valence-electron chi connectivity index (χ2n) is 1.98. The van der Waals surface area contributed by atoms with E-state index in [9.17, 15) is 0 Å². The number of hydrogen-bond acceptors (Lipinski definition) is 2. The van der Waals surface area contributed by atoms with Crippen LogP contribution in [0.25, 0.3) is 0 Å². The summed E-state index contributed by atoms with van der Waals surface area (Å²) in [5, 5.41) is 0. The highest BCUT2D eigenvalue weighted by Crippen LogP contribution is 2.50. The molecule has 48 valence electrons. The first-order valence-electron chi connectivity index (χ1n) is 2.54. The quantitative estimate of drug-likeness (QED) is 0.391. The molecule has 3 heteroatoms. The smallest absolute Gasteiger partial charge is 0.0864 e. The van der Waals surface area contributed by atoms with Crippen LogP contribution in [-0.4, -0.2) is 13.3 Å². The van der Waals surface area contributed by atoms with Gasteiger partial charge >= 0.3 is 0 Å². The van der Waals surface area contributed by atoms with Gasteiger partial charge in [0.15, 0.2) is 0 Å². The summed E-state index contributed by atoms with van der Waals surface area (Å²) in [6.45, 7) is 2.47. The summed E-state index contributed by atoms with van der Waals surface area (Å²) in [7, 11) is 0. The van der Waals surface area contributed by atoms with Crippen LogP contribution < -0.4 is 0 Å². The van der Waals surface area contributed by atoms with Crippen molar-refractivity contribution in [1.82, 2.24) is 0 Å². The van der Waals surface area contributed by atoms with Gasteiger partial charge in [0.05, 0.1) is 12.9 Å². The van der Waals surface area contributed by atoms with Gasteiger partial charge < -0.3 is 4.52 Å². The molecular weight excluding hydrogens is 151 g/mol. The van der Waals surface area contributed by atoms with Gasteiger partial charge in [0, 0.05) is 5.57 Å². The van der Waals surface area contributed by atoms with Gasteiger partial charge in [0.25, 0.3) is 0 Å². The van der Waals surface area contributed by atoms with Crippen molar-refractivity contribution in [2.45, 2.75) is 0 Å². The van der Waals surface area contributed by atoms with Crippen molar-refractivity contribution in [2.75, 3.05) is 13.3 Å². The summed E-state index contributed by atoms with van der Waals surface area (Å²) in [4.78, 5) is 0. The largest absolute Gasteiger partial charge is 0.342 e. The van der Waals surface area contributed by atoms with Crippen molar-refractivity contribution in [2.24, 2.45) is 0 Å². The van der Waals surface area contributed by atoms with E-state index in [1.54, 1.807) is 0 Å². The fourth-order valence-corrected chi connectivity index (χ4v) is 2.36. The normalized spacial score (nSPS) is 33.6. The van der Waals surface area contributed by atoms with E-state index in [2.05, 4.69) is 5.92 Å². The Labute approximate surface area is 60.2 Å². The molecule has 0 radical (unpaired) electrons. The monoisotopic (exact) mass is 158 g/mol. The fourth-order valence-electron chi connectivity index (χ4n) is 0.634. The van der Waals surface area contributed by atoms with Crippen molar-refractivity contribution in [3.05, 3.63) is 11.4 Å². The van der Waals surface area contributed by atoms with Crippen molar-refractivity contribution in [1.29, 1.82) is 0 Å². The van der Waals surface area contributed by atoms with E-state index in [0.29, 0.717) is 6.61 Å². The van der Waals surface area contributed by atoms with Gasteiger partial charge in [-0.2, -0.15) is 0 Å². The molecule has 0 saturated heterocycles. The third kappa shape index (κ3) is 1.66. The molecule has 1 rings (SSSR count). The molecule has 0 fully saturated rings. The van der Waals surface area contributed by atoms with Crippen LogP contribution in [0.3, 0.4) is 0 Å². The van der Waals surface area contributed by atoms with Crippen LogP contribution >= 0.6 is 6.26 Å². The van der Waals surface area contributed by atoms with Crippen molar-refractivity contribution in [3.8, 4) is 12.3 Å². The summed E-state index contributed by atoms with van der Waals surface area (Å²) >= 11 is 5.07. The summed E-state index contributed by atoms with van der Waals surface area (Å²) in [6.07, 6.45) is 3.54. The molecule has 0 bridgehead atoms. The van der Waals surface area contributed by atoms with Crippen LogP contribution in [0.5, 0.6) is 0 Å². The maximum Gasteiger partial charge on any atom is 0.0864 e. The third-order valence-electron chi connectivity index (χ3n) is 1.05. The summed E-state index contributed by atoms with van der Waals surface area (Å²) in [6, 6.07) is 0. The zero-order valence-electron chi connectivity index (χ0n) is 5.13. The summed E-state index contributed by atoms with van der Waals surface area (Å²) in [5.41, 5.74) is 0.904. The van der Waals surface area contributed by atoms with E-state index in [0.717, 1.165) is 5.57 Å². The minimum absolute atomic E-state index is 0.546. The van der Waals surface area contributed by atoms with Gasteiger partial charge in [-0.05, 0) is 12.5 Å². The second-order valence-corrected chi connectivity index (χ2v) is 6.49. The maximum atomic E-state index is 5.23. The SMILES string of the molecule is C#CC1=CP(C)(=S)OC1. The molecule has 1 nitrogen and oxygen atoms in total. The molecule has 0 spiro atoms. The van der Waals surface area contributed by atoms with Crippen molar-refractivity contribution >= 4 is 18.1 Å². The average Bonchev–Trinajstić information content (AvgIpc) is 2.10. The highest BCUT2D eigenvalue weighted by atomic mass is 32.4. The Balaban J connectivity index is 2.88. The number of terminal acetylenes is 1. The molecule has 1 aliphatic heterocycles. The highest BCUT2D eigenvalue weighted by molar-refractivity contribution is 8.13. The molecule has 0 aromatic carbocycles. The van der Waals surface area contributed by atoms with Gasteiger partial charge in [-0.3, -0.25) is 0 Å². The molecule has 0 saturated carbocycles. The Bertz CT molecular complexity index is 236. The van der Waals surface area contributed by atoms with E-state index < -0.39 is 6.26 Å². The molecular formula is C6H7OPS. The lowest BCUT2D eigenvalue weighted by atomic mass is 10.3. The average molecular weight is 158 g/mol. The molecule has 1 heterocycles. The lowest BCUT2D eigenvalue weighted by Crippen LogP contribution is -1.80. The van der Waals surface area contributed by atoms with Gasteiger partial charge in [-0.1, -0.05) is 17.7 Å². The van der Waals surface area contributed by atoms with Gasteiger partial charge in [-0.15, -0.1) is 6.42 Å². The molecule has 1 aliphatic rings. The van der Waals surface area contributed by atoms with Crippen LogP contribution in [0, 0.1) is 12.3 Å². The fraction of sp³-hybridized carbons (Fsp3) is 0.333. The van der Waals surface area contributed by atoms with Crippen LogP contribution in [0.15, 0.2) is 11.4 Å². The Morgan fingerprint density at radius 2 is 2.67 bits per heavy atom. The van der Waals surface area contributed by atoms with E-state index >= 15 is 0 Å². The zero-order valence-corrected chi connectivity index (χ0v) is 6.84. The minimum atomic E-state index is -1.59. The standard InChI is InChI=1S/C6H7OPS/c1-3-6-4-7-8(2,9)5-6/h1,5H,4H2,2H3. The second kappa shape index (κ2) is 2.27. The van der Waals surface area contributed by atoms with Gasteiger partial charge in [-0.25, -0.2) is 0 Å². The maximum absolute atomic E-state index is 5.23. The van der Waals surface area contributed by atoms with Gasteiger partial charge in [0.2, 0.25) is 0 Å². The Hall–Kier alpha value is -0.0900. The molecule has 9 heavy (non-hydrogen) atoms. The van der Waals surface area contributed by atoms with E-state index in [-0.39, 0.29) is 0 Å². The molecule has 0 aromatic rings. The molecule has 1 atom stereocenters. The highest BCUT2D eigenvalue weighted by Gasteiger charge is 2.15. The number of rotatable bonds is 0. The topological polar surface area (TPSA) is 9.23 Å². The summed E-state index contributed by atoms with van der Waals surface area (Å²) in [5.74, 6) is 4.42. The van der Waals surface area contributed by atoms with E-state index in [4.69, 9.17) is 22.8 Å². The predicted octanol–water partition coefficient (Wildman–Crippen LogP) is 1.56. The Morgan fingerprint density at radius 3 is 2.89 bits per heavy atom. The van der Waals surface area contributed by atoms with Crippen LogP contribution in [0.2, 0.25) is 0 Å². The first-order valence-corrected chi connectivity index (χ1v) is 5.78. The molecule has 1 unspecified atom stereocenters. The first kappa shape index (κ1) is 7.02. The predicted molar refractivity (Wildman–Crippen MR) is 43.1 cm³/mol. The van der Waals surface area contributed by atoms with Crippen LogP contribution in [0.1, 0.15) is 0 Å². The summed E-state index contributed by atoms with van der Waals surface area (Å²) < 4.78 is 5.23. The lowest BCUT2D eigenvalue weighted by molar-refractivity contribution is 0.414. The molecule has 0 aromatic heterocycles. The van der Waals surface area contributed by atoms with Crippen molar-refractivity contribution < 1.29 is 4.52 Å². The van der Waals surface area contributed by atoms with Gasteiger partial charge in [0.1, 0.15) is 0 Å². The number of hydrogen-bond donors (Lipinski definition) is 0. The van der Waals surface area contributed by atoms with Crippen LogP contribution in [-0.2, 0) is 16.3 Å². The van der Waals surface area contributed by atoms with E-state index in [1.165, 1.54) is 0 Å². The van der Waals surface area contributed by atoms with Crippen molar-refractivity contribution in [3.63, 3.8) is 0 Å². The van der Waals surface area contributed by atoms with E-state index in [1.807, 2.05) is 12.5 Å². The first-order chi connectivity index (χ1) is 4.14. The minimum Gasteiger partial charge on any atom is -0.342 e. The zero-order chi connectivity index (χ0) is 6.91. The Morgan fingerprint density at radius 1 is 2.00 bits per heavy atom. The molecule has 0 amide bonds. The van der Waals surface area contributed by atoms with Crippen LogP contribution in [0.4, 0.5) is 0 Å².